The lowest BCUT2D eigenvalue weighted by molar-refractivity contribution is 0.844. The van der Waals surface area contributed by atoms with Gasteiger partial charge in [-0.2, -0.15) is 5.11 Å². The predicted molar refractivity (Wildman–Crippen MR) is 101 cm³/mol. The highest BCUT2D eigenvalue weighted by Gasteiger charge is 2.24. The van der Waals surface area contributed by atoms with E-state index in [4.69, 9.17) is 22.4 Å². The number of hydrogen-bond donors (Lipinski definition) is 4. The lowest BCUT2D eigenvalue weighted by Gasteiger charge is -2.30. The fourth-order valence-corrected chi connectivity index (χ4v) is 3.12. The Hall–Kier alpha value is -2.99. The van der Waals surface area contributed by atoms with Gasteiger partial charge in [-0.05, 0) is 24.6 Å². The van der Waals surface area contributed by atoms with Crippen molar-refractivity contribution in [1.29, 1.82) is 10.9 Å². The van der Waals surface area contributed by atoms with Crippen LogP contribution in [-0.4, -0.2) is 12.4 Å². The van der Waals surface area contributed by atoms with Crippen molar-refractivity contribution in [2.75, 3.05) is 11.4 Å². The molecule has 0 saturated heterocycles. The molecule has 0 aliphatic carbocycles. The Bertz CT molecular complexity index is 839. The van der Waals surface area contributed by atoms with Crippen LogP contribution in [0.2, 0.25) is 0 Å². The van der Waals surface area contributed by atoms with Crippen LogP contribution < -0.4 is 16.4 Å². The zero-order valence-electron chi connectivity index (χ0n) is 14.0. The molecule has 0 unspecified atom stereocenters. The number of nitrogens with two attached hydrogens (primary N) is 2. The molecule has 128 valence electrons. The molecule has 0 saturated carbocycles. The minimum Gasteiger partial charge on any atom is -0.396 e. The lowest BCUT2D eigenvalue weighted by Crippen LogP contribution is -2.32. The number of nitrogens with zero attached hydrogens (tertiary/aromatic N) is 2. The van der Waals surface area contributed by atoms with E-state index in [2.05, 4.69) is 5.11 Å². The number of nitrogens with one attached hydrogen (secondary N) is 2. The normalized spacial score (nSPS) is 16.4. The van der Waals surface area contributed by atoms with Gasteiger partial charge in [0.15, 0.2) is 0 Å². The average molecular weight is 334 g/mol. The van der Waals surface area contributed by atoms with Crippen LogP contribution in [0.3, 0.4) is 0 Å². The molecule has 6 heteroatoms. The van der Waals surface area contributed by atoms with Gasteiger partial charge >= 0.3 is 0 Å². The van der Waals surface area contributed by atoms with Crippen molar-refractivity contribution in [3.05, 3.63) is 65.2 Å². The van der Waals surface area contributed by atoms with Gasteiger partial charge in [0.2, 0.25) is 0 Å². The summed E-state index contributed by atoms with van der Waals surface area (Å²) in [6, 6.07) is 15.5. The van der Waals surface area contributed by atoms with Crippen molar-refractivity contribution in [3.63, 3.8) is 0 Å². The molecule has 0 amide bonds. The molecule has 1 heterocycles. The van der Waals surface area contributed by atoms with E-state index in [0.29, 0.717) is 36.7 Å². The van der Waals surface area contributed by atoms with Gasteiger partial charge in [-0.25, -0.2) is 5.53 Å². The molecule has 6 N–H and O–H groups in total. The Morgan fingerprint density at radius 1 is 1.08 bits per heavy atom. The molecule has 2 aromatic rings. The molecule has 0 bridgehead atoms. The molecule has 1 aliphatic heterocycles. The fourth-order valence-electron chi connectivity index (χ4n) is 3.12. The Morgan fingerprint density at radius 2 is 1.76 bits per heavy atom. The van der Waals surface area contributed by atoms with Gasteiger partial charge < -0.3 is 16.4 Å². The van der Waals surface area contributed by atoms with Crippen LogP contribution in [0, 0.1) is 10.9 Å². The van der Waals surface area contributed by atoms with Crippen LogP contribution in [0.5, 0.6) is 0 Å². The Labute approximate surface area is 147 Å². The quantitative estimate of drug-likeness (QED) is 0.389. The van der Waals surface area contributed by atoms with Gasteiger partial charge in [-0.1, -0.05) is 42.5 Å². The van der Waals surface area contributed by atoms with E-state index in [9.17, 15) is 0 Å². The molecule has 2 aromatic carbocycles. The van der Waals surface area contributed by atoms with Crippen molar-refractivity contribution < 1.29 is 0 Å². The molecule has 6 nitrogen and oxygen atoms in total. The summed E-state index contributed by atoms with van der Waals surface area (Å²) in [7, 11) is 0. The highest BCUT2D eigenvalue weighted by atomic mass is 15.2. The summed E-state index contributed by atoms with van der Waals surface area (Å²) < 4.78 is 0. The van der Waals surface area contributed by atoms with E-state index in [0.717, 1.165) is 28.8 Å². The zero-order chi connectivity index (χ0) is 17.8. The number of anilines is 1. The predicted octanol–water partition coefficient (Wildman–Crippen LogP) is 3.54. The SMILES string of the molecule is N=N/C1=C(\N)c2ccccc2N(C(=N)CCCN)Cc2ccccc21. The summed E-state index contributed by atoms with van der Waals surface area (Å²) in [5, 5.41) is 12.2. The molecule has 0 spiro atoms. The van der Waals surface area contributed by atoms with Crippen LogP contribution in [0.1, 0.15) is 29.5 Å². The third-order valence-corrected chi connectivity index (χ3v) is 4.40. The molecule has 3 rings (SSSR count). The molecule has 0 aromatic heterocycles. The maximum Gasteiger partial charge on any atom is 0.116 e. The summed E-state index contributed by atoms with van der Waals surface area (Å²) in [6.07, 6.45) is 1.37. The first kappa shape index (κ1) is 16.9. The van der Waals surface area contributed by atoms with Crippen molar-refractivity contribution in [2.24, 2.45) is 16.6 Å². The monoisotopic (exact) mass is 334 g/mol. The van der Waals surface area contributed by atoms with E-state index >= 15 is 0 Å². The maximum absolute atomic E-state index is 8.54. The highest BCUT2D eigenvalue weighted by molar-refractivity contribution is 6.02. The molecule has 25 heavy (non-hydrogen) atoms. The second-order valence-corrected chi connectivity index (χ2v) is 5.97. The first-order chi connectivity index (χ1) is 12.2. The molecular weight excluding hydrogens is 312 g/mol. The number of benzene rings is 2. The van der Waals surface area contributed by atoms with Crippen LogP contribution in [0.25, 0.3) is 11.4 Å². The number of rotatable bonds is 4. The van der Waals surface area contributed by atoms with Crippen molar-refractivity contribution >= 4 is 22.9 Å². The largest absolute Gasteiger partial charge is 0.396 e. The number of fused-ring (bicyclic) bond motifs is 2. The zero-order valence-corrected chi connectivity index (χ0v) is 14.0. The Morgan fingerprint density at radius 3 is 2.48 bits per heavy atom. The van der Waals surface area contributed by atoms with E-state index in [1.54, 1.807) is 0 Å². The van der Waals surface area contributed by atoms with E-state index < -0.39 is 0 Å². The summed E-state index contributed by atoms with van der Waals surface area (Å²) in [5.74, 6) is 0.506. The first-order valence-electron chi connectivity index (χ1n) is 8.27. The van der Waals surface area contributed by atoms with Gasteiger partial charge in [-0.15, -0.1) is 0 Å². The van der Waals surface area contributed by atoms with Gasteiger partial charge in [0.1, 0.15) is 11.5 Å². The van der Waals surface area contributed by atoms with Gasteiger partial charge in [-0.3, -0.25) is 5.41 Å². The number of hydrogen-bond acceptors (Lipinski definition) is 5. The Kier molecular flexibility index (Phi) is 4.90. The van der Waals surface area contributed by atoms with Crippen molar-refractivity contribution in [2.45, 2.75) is 19.4 Å². The molecule has 0 radical (unpaired) electrons. The second kappa shape index (κ2) is 7.27. The van der Waals surface area contributed by atoms with Gasteiger partial charge in [0.05, 0.1) is 11.4 Å². The van der Waals surface area contributed by atoms with Gasteiger partial charge in [0.25, 0.3) is 0 Å². The van der Waals surface area contributed by atoms with Crippen LogP contribution in [0.15, 0.2) is 53.6 Å². The third-order valence-electron chi connectivity index (χ3n) is 4.40. The smallest absolute Gasteiger partial charge is 0.116 e. The Balaban J connectivity index is 2.22. The van der Waals surface area contributed by atoms with E-state index in [-0.39, 0.29) is 0 Å². The van der Waals surface area contributed by atoms with Gasteiger partial charge in [0, 0.05) is 24.1 Å². The summed E-state index contributed by atoms with van der Waals surface area (Å²) in [4.78, 5) is 1.97. The van der Waals surface area contributed by atoms with Crippen molar-refractivity contribution in [1.82, 2.24) is 0 Å². The van der Waals surface area contributed by atoms with Crippen LogP contribution >= 0.6 is 0 Å². The minimum atomic E-state index is 0.453. The minimum absolute atomic E-state index is 0.453. The molecule has 0 fully saturated rings. The van der Waals surface area contributed by atoms with E-state index in [1.165, 1.54) is 0 Å². The highest BCUT2D eigenvalue weighted by Crippen LogP contribution is 2.36. The first-order valence-corrected chi connectivity index (χ1v) is 8.27. The second-order valence-electron chi connectivity index (χ2n) is 5.97. The summed E-state index contributed by atoms with van der Waals surface area (Å²) in [6.45, 7) is 1.08. The number of amidine groups is 1. The topological polar surface area (TPSA) is 115 Å². The van der Waals surface area contributed by atoms with E-state index in [1.807, 2.05) is 53.4 Å². The lowest BCUT2D eigenvalue weighted by atomic mass is 9.96. The van der Waals surface area contributed by atoms with Crippen LogP contribution in [-0.2, 0) is 6.54 Å². The maximum atomic E-state index is 8.54. The average Bonchev–Trinajstić information content (AvgIpc) is 2.64. The van der Waals surface area contributed by atoms with Crippen molar-refractivity contribution in [3.8, 4) is 0 Å². The summed E-state index contributed by atoms with van der Waals surface area (Å²) >= 11 is 0. The van der Waals surface area contributed by atoms with Crippen LogP contribution in [0.4, 0.5) is 5.69 Å². The molecular formula is C19H22N6. The molecule has 1 aliphatic rings. The molecule has 0 atom stereocenters. The number of para-hydroxylation sites is 1. The summed E-state index contributed by atoms with van der Waals surface area (Å²) in [5.41, 5.74) is 24.0. The standard InChI is InChI=1S/C19H22N6/c20-11-5-10-17(21)25-12-13-6-1-2-7-14(13)19(24-23)18(22)15-8-3-4-9-16(15)25/h1-4,6-9,21,23H,5,10-12,20,22H2/b19-18-,21-17?,24-23?. The third kappa shape index (κ3) is 3.16. The fraction of sp³-hybridized carbons (Fsp3) is 0.211.